The molecule has 2 rings (SSSR count). The fourth-order valence-corrected chi connectivity index (χ4v) is 1.94. The van der Waals surface area contributed by atoms with Crippen molar-refractivity contribution < 1.29 is 0 Å². The van der Waals surface area contributed by atoms with E-state index in [4.69, 9.17) is 0 Å². The zero-order valence-corrected chi connectivity index (χ0v) is 10.3. The van der Waals surface area contributed by atoms with E-state index >= 15 is 0 Å². The van der Waals surface area contributed by atoms with Crippen molar-refractivity contribution in [3.05, 3.63) is 22.0 Å². The second-order valence-corrected chi connectivity index (χ2v) is 4.38. The molecule has 5 nitrogen and oxygen atoms in total. The van der Waals surface area contributed by atoms with Crippen LogP contribution in [0.4, 0.5) is 0 Å². The Balaban J connectivity index is 3.02. The molecule has 2 aromatic rings. The first kappa shape index (κ1) is 10.9. The fraction of sp³-hybridized carbons (Fsp3) is 0.545. The van der Waals surface area contributed by atoms with E-state index in [9.17, 15) is 4.79 Å². The summed E-state index contributed by atoms with van der Waals surface area (Å²) in [4.78, 5) is 20.6. The number of aromatic nitrogens is 4. The van der Waals surface area contributed by atoms with Gasteiger partial charge in [0.1, 0.15) is 11.3 Å². The van der Waals surface area contributed by atoms with Crippen LogP contribution in [-0.4, -0.2) is 19.1 Å². The molecule has 0 radical (unpaired) electrons. The Hall–Kier alpha value is -1.65. The zero-order valence-electron chi connectivity index (χ0n) is 10.3. The summed E-state index contributed by atoms with van der Waals surface area (Å²) >= 11 is 0. The highest BCUT2D eigenvalue weighted by atomic mass is 16.1. The molecule has 0 amide bonds. The van der Waals surface area contributed by atoms with Gasteiger partial charge in [0.25, 0.3) is 0 Å². The van der Waals surface area contributed by atoms with E-state index < -0.39 is 0 Å². The van der Waals surface area contributed by atoms with Crippen molar-refractivity contribution in [3.8, 4) is 0 Å². The number of hydrogen-bond donors (Lipinski definition) is 0. The lowest BCUT2D eigenvalue weighted by molar-refractivity contribution is 0.780. The highest BCUT2D eigenvalue weighted by Gasteiger charge is 2.17. The van der Waals surface area contributed by atoms with Crippen LogP contribution in [-0.2, 0) is 14.1 Å². The van der Waals surface area contributed by atoms with Crippen molar-refractivity contribution >= 4 is 11.2 Å². The van der Waals surface area contributed by atoms with E-state index in [-0.39, 0.29) is 11.6 Å². The van der Waals surface area contributed by atoms with Crippen LogP contribution in [0.15, 0.2) is 4.79 Å². The minimum atomic E-state index is -0.0585. The quantitative estimate of drug-likeness (QED) is 0.723. The molecule has 0 aliphatic rings. The molecule has 2 aromatic heterocycles. The first-order chi connectivity index (χ1) is 7.43. The number of rotatable bonds is 1. The third-order valence-electron chi connectivity index (χ3n) is 2.78. The van der Waals surface area contributed by atoms with Crippen molar-refractivity contribution in [2.24, 2.45) is 14.1 Å². The van der Waals surface area contributed by atoms with Crippen molar-refractivity contribution in [2.45, 2.75) is 26.7 Å². The predicted molar refractivity (Wildman–Crippen MR) is 62.6 cm³/mol. The van der Waals surface area contributed by atoms with Crippen LogP contribution in [0, 0.1) is 6.92 Å². The van der Waals surface area contributed by atoms with Crippen LogP contribution in [0.5, 0.6) is 0 Å². The van der Waals surface area contributed by atoms with Gasteiger partial charge in [-0.15, -0.1) is 0 Å². The molecule has 0 aliphatic heterocycles. The number of aryl methyl sites for hydroxylation is 3. The molecule has 0 unspecified atom stereocenters. The van der Waals surface area contributed by atoms with Crippen molar-refractivity contribution in [1.29, 1.82) is 0 Å². The van der Waals surface area contributed by atoms with E-state index in [2.05, 4.69) is 23.8 Å². The van der Waals surface area contributed by atoms with E-state index in [1.165, 1.54) is 0 Å². The standard InChI is InChI=1S/C11H16N4O/c1-6(2)8-9-10(13-7(3)12-8)15(5)11(16)14(9)4/h6H,1-5H3. The molecule has 5 heteroatoms. The highest BCUT2D eigenvalue weighted by molar-refractivity contribution is 5.74. The van der Waals surface area contributed by atoms with Crippen LogP contribution in [0.2, 0.25) is 0 Å². The Morgan fingerprint density at radius 1 is 1.12 bits per heavy atom. The molecule has 0 saturated carbocycles. The molecule has 0 saturated heterocycles. The van der Waals surface area contributed by atoms with Gasteiger partial charge in [-0.25, -0.2) is 14.8 Å². The predicted octanol–water partition coefficient (Wildman–Crippen LogP) is 1.10. The van der Waals surface area contributed by atoms with Gasteiger partial charge in [0, 0.05) is 14.1 Å². The van der Waals surface area contributed by atoms with Crippen LogP contribution in [0.25, 0.3) is 11.2 Å². The lowest BCUT2D eigenvalue weighted by atomic mass is 10.1. The maximum atomic E-state index is 11.8. The maximum absolute atomic E-state index is 11.8. The van der Waals surface area contributed by atoms with Crippen molar-refractivity contribution in [2.75, 3.05) is 0 Å². The summed E-state index contributed by atoms with van der Waals surface area (Å²) in [5.41, 5.74) is 2.43. The van der Waals surface area contributed by atoms with E-state index in [0.717, 1.165) is 11.2 Å². The van der Waals surface area contributed by atoms with E-state index in [0.29, 0.717) is 11.5 Å². The summed E-state index contributed by atoms with van der Waals surface area (Å²) in [6.45, 7) is 5.99. The number of imidazole rings is 1. The summed E-state index contributed by atoms with van der Waals surface area (Å²) in [6.07, 6.45) is 0. The molecule has 0 atom stereocenters. The largest absolute Gasteiger partial charge is 0.329 e. The first-order valence-corrected chi connectivity index (χ1v) is 5.33. The van der Waals surface area contributed by atoms with Gasteiger partial charge >= 0.3 is 5.69 Å². The highest BCUT2D eigenvalue weighted by Crippen LogP contribution is 2.20. The monoisotopic (exact) mass is 220 g/mol. The second-order valence-electron chi connectivity index (χ2n) is 4.38. The Kier molecular flexibility index (Phi) is 2.33. The Morgan fingerprint density at radius 3 is 2.31 bits per heavy atom. The van der Waals surface area contributed by atoms with Gasteiger partial charge in [-0.3, -0.25) is 9.13 Å². The summed E-state index contributed by atoms with van der Waals surface area (Å²) in [6, 6.07) is 0. The Labute approximate surface area is 93.8 Å². The van der Waals surface area contributed by atoms with Crippen LogP contribution in [0.3, 0.4) is 0 Å². The molecular formula is C11H16N4O. The van der Waals surface area contributed by atoms with E-state index in [1.807, 2.05) is 6.92 Å². The molecule has 0 aliphatic carbocycles. The molecule has 0 aromatic carbocycles. The van der Waals surface area contributed by atoms with Gasteiger partial charge in [-0.1, -0.05) is 13.8 Å². The van der Waals surface area contributed by atoms with Crippen LogP contribution < -0.4 is 5.69 Å². The molecule has 16 heavy (non-hydrogen) atoms. The summed E-state index contributed by atoms with van der Waals surface area (Å²) in [7, 11) is 3.50. The van der Waals surface area contributed by atoms with Gasteiger partial charge in [0.2, 0.25) is 0 Å². The van der Waals surface area contributed by atoms with Crippen LogP contribution in [0.1, 0.15) is 31.3 Å². The maximum Gasteiger partial charge on any atom is 0.329 e. The number of fused-ring (bicyclic) bond motifs is 1. The smallest absolute Gasteiger partial charge is 0.292 e. The number of hydrogen-bond acceptors (Lipinski definition) is 3. The van der Waals surface area contributed by atoms with E-state index in [1.54, 1.807) is 23.2 Å². The Morgan fingerprint density at radius 2 is 1.75 bits per heavy atom. The topological polar surface area (TPSA) is 52.7 Å². The van der Waals surface area contributed by atoms with Gasteiger partial charge in [0.15, 0.2) is 5.65 Å². The molecule has 0 bridgehead atoms. The molecule has 2 heterocycles. The SMILES string of the molecule is Cc1nc(C(C)C)c2c(n1)n(C)c(=O)n2C. The van der Waals surface area contributed by atoms with Crippen molar-refractivity contribution in [1.82, 2.24) is 19.1 Å². The molecular weight excluding hydrogens is 204 g/mol. The summed E-state index contributed by atoms with van der Waals surface area (Å²) in [5, 5.41) is 0. The van der Waals surface area contributed by atoms with Gasteiger partial charge in [-0.05, 0) is 12.8 Å². The van der Waals surface area contributed by atoms with Gasteiger partial charge in [0.05, 0.1) is 5.69 Å². The lowest BCUT2D eigenvalue weighted by Gasteiger charge is -2.07. The molecule has 0 N–H and O–H groups in total. The number of nitrogens with zero attached hydrogens (tertiary/aromatic N) is 4. The average Bonchev–Trinajstić information content (AvgIpc) is 2.43. The second kappa shape index (κ2) is 3.43. The minimum absolute atomic E-state index is 0.0585. The first-order valence-electron chi connectivity index (χ1n) is 5.33. The summed E-state index contributed by atoms with van der Waals surface area (Å²) < 4.78 is 3.18. The van der Waals surface area contributed by atoms with Crippen LogP contribution >= 0.6 is 0 Å². The third kappa shape index (κ3) is 1.35. The van der Waals surface area contributed by atoms with Gasteiger partial charge in [-0.2, -0.15) is 0 Å². The molecule has 0 spiro atoms. The molecule has 0 fully saturated rings. The zero-order chi connectivity index (χ0) is 12.0. The fourth-order valence-electron chi connectivity index (χ4n) is 1.94. The van der Waals surface area contributed by atoms with Crippen molar-refractivity contribution in [3.63, 3.8) is 0 Å². The third-order valence-corrected chi connectivity index (χ3v) is 2.78. The lowest BCUT2D eigenvalue weighted by Crippen LogP contribution is -2.19. The molecule has 86 valence electrons. The minimum Gasteiger partial charge on any atom is -0.292 e. The normalized spacial score (nSPS) is 11.6. The van der Waals surface area contributed by atoms with Gasteiger partial charge < -0.3 is 0 Å². The Bertz CT molecular complexity index is 606. The summed E-state index contributed by atoms with van der Waals surface area (Å²) in [5.74, 6) is 0.981. The average molecular weight is 220 g/mol.